The van der Waals surface area contributed by atoms with E-state index in [1.165, 1.54) is 6.92 Å². The van der Waals surface area contributed by atoms with E-state index in [2.05, 4.69) is 17.5 Å². The van der Waals surface area contributed by atoms with E-state index < -0.39 is 5.97 Å². The SMILES string of the molecule is CCCCNN=C(C)C(=O)O. The average Bonchev–Trinajstić information content (AvgIpc) is 1.97. The first-order chi connectivity index (χ1) is 5.18. The summed E-state index contributed by atoms with van der Waals surface area (Å²) >= 11 is 0. The van der Waals surface area contributed by atoms with Crippen molar-refractivity contribution in [1.29, 1.82) is 0 Å². The standard InChI is InChI=1S/C7H14N2O2/c1-3-4-5-8-9-6(2)7(10)11/h8H,3-5H2,1-2H3,(H,10,11). The monoisotopic (exact) mass is 158 g/mol. The van der Waals surface area contributed by atoms with E-state index in [0.717, 1.165) is 19.4 Å². The second-order valence-electron chi connectivity index (χ2n) is 2.26. The Balaban J connectivity index is 3.48. The number of carbonyl (C=O) groups is 1. The van der Waals surface area contributed by atoms with Crippen molar-refractivity contribution < 1.29 is 9.90 Å². The molecule has 0 saturated heterocycles. The number of rotatable bonds is 5. The average molecular weight is 158 g/mol. The molecule has 0 spiro atoms. The first kappa shape index (κ1) is 9.94. The third kappa shape index (κ3) is 5.39. The molecule has 0 amide bonds. The van der Waals surface area contributed by atoms with Crippen LogP contribution in [-0.2, 0) is 4.79 Å². The van der Waals surface area contributed by atoms with Gasteiger partial charge in [-0.2, -0.15) is 5.10 Å². The smallest absolute Gasteiger partial charge is 0.351 e. The molecule has 0 heterocycles. The molecule has 0 rings (SSSR count). The highest BCUT2D eigenvalue weighted by molar-refractivity contribution is 6.34. The maximum atomic E-state index is 10.2. The Hall–Kier alpha value is -1.06. The van der Waals surface area contributed by atoms with Gasteiger partial charge in [0.2, 0.25) is 0 Å². The van der Waals surface area contributed by atoms with Gasteiger partial charge in [-0.05, 0) is 13.3 Å². The molecule has 0 unspecified atom stereocenters. The summed E-state index contributed by atoms with van der Waals surface area (Å²) in [7, 11) is 0. The van der Waals surface area contributed by atoms with Gasteiger partial charge in [0.25, 0.3) is 0 Å². The highest BCUT2D eigenvalue weighted by Gasteiger charge is 1.99. The van der Waals surface area contributed by atoms with Gasteiger partial charge in [0, 0.05) is 6.54 Å². The van der Waals surface area contributed by atoms with Crippen LogP contribution in [-0.4, -0.2) is 23.3 Å². The molecule has 4 heteroatoms. The lowest BCUT2D eigenvalue weighted by molar-refractivity contribution is -0.129. The molecule has 0 saturated carbocycles. The van der Waals surface area contributed by atoms with Crippen molar-refractivity contribution in [2.24, 2.45) is 5.10 Å². The fraction of sp³-hybridized carbons (Fsp3) is 0.714. The maximum Gasteiger partial charge on any atom is 0.351 e. The van der Waals surface area contributed by atoms with Crippen molar-refractivity contribution in [3.8, 4) is 0 Å². The Bertz CT molecular complexity index is 155. The van der Waals surface area contributed by atoms with Crippen LogP contribution in [0.4, 0.5) is 0 Å². The zero-order valence-corrected chi connectivity index (χ0v) is 6.92. The predicted molar refractivity (Wildman–Crippen MR) is 43.7 cm³/mol. The summed E-state index contributed by atoms with van der Waals surface area (Å²) in [6, 6.07) is 0. The third-order valence-corrected chi connectivity index (χ3v) is 1.20. The summed E-state index contributed by atoms with van der Waals surface area (Å²) in [5, 5.41) is 12.0. The minimum Gasteiger partial charge on any atom is -0.477 e. The molecule has 0 aliphatic rings. The topological polar surface area (TPSA) is 61.7 Å². The van der Waals surface area contributed by atoms with E-state index in [1.807, 2.05) is 0 Å². The second-order valence-corrected chi connectivity index (χ2v) is 2.26. The van der Waals surface area contributed by atoms with Gasteiger partial charge < -0.3 is 10.5 Å². The molecule has 0 aromatic heterocycles. The van der Waals surface area contributed by atoms with Gasteiger partial charge in [0.05, 0.1) is 0 Å². The van der Waals surface area contributed by atoms with Crippen LogP contribution < -0.4 is 5.43 Å². The van der Waals surface area contributed by atoms with Crippen LogP contribution in [0.15, 0.2) is 5.10 Å². The Labute approximate surface area is 66.3 Å². The minimum absolute atomic E-state index is 0.0982. The fourth-order valence-corrected chi connectivity index (χ4v) is 0.478. The van der Waals surface area contributed by atoms with Gasteiger partial charge in [0.1, 0.15) is 5.71 Å². The number of carboxylic acids is 1. The Kier molecular flexibility index (Phi) is 5.15. The molecule has 0 aromatic rings. The largest absolute Gasteiger partial charge is 0.477 e. The number of hydrogen-bond donors (Lipinski definition) is 2. The van der Waals surface area contributed by atoms with E-state index in [4.69, 9.17) is 5.11 Å². The zero-order chi connectivity index (χ0) is 8.69. The lowest BCUT2D eigenvalue weighted by Crippen LogP contribution is -2.15. The molecule has 0 atom stereocenters. The number of unbranched alkanes of at least 4 members (excludes halogenated alkanes) is 1. The molecular formula is C7H14N2O2. The molecule has 0 aliphatic carbocycles. The van der Waals surface area contributed by atoms with Crippen LogP contribution in [0.1, 0.15) is 26.7 Å². The van der Waals surface area contributed by atoms with E-state index in [1.54, 1.807) is 0 Å². The molecule has 4 nitrogen and oxygen atoms in total. The van der Waals surface area contributed by atoms with Crippen LogP contribution in [0.25, 0.3) is 0 Å². The van der Waals surface area contributed by atoms with Crippen LogP contribution in [0.5, 0.6) is 0 Å². The highest BCUT2D eigenvalue weighted by Crippen LogP contribution is 1.82. The zero-order valence-electron chi connectivity index (χ0n) is 6.92. The first-order valence-corrected chi connectivity index (χ1v) is 3.69. The van der Waals surface area contributed by atoms with Gasteiger partial charge >= 0.3 is 5.97 Å². The highest BCUT2D eigenvalue weighted by atomic mass is 16.4. The Morgan fingerprint density at radius 1 is 1.64 bits per heavy atom. The van der Waals surface area contributed by atoms with Gasteiger partial charge in [-0.15, -0.1) is 0 Å². The van der Waals surface area contributed by atoms with Crippen LogP contribution in [0.3, 0.4) is 0 Å². The Morgan fingerprint density at radius 2 is 2.27 bits per heavy atom. The van der Waals surface area contributed by atoms with Crippen LogP contribution in [0.2, 0.25) is 0 Å². The van der Waals surface area contributed by atoms with Crippen molar-refractivity contribution in [3.63, 3.8) is 0 Å². The van der Waals surface area contributed by atoms with Crippen molar-refractivity contribution in [1.82, 2.24) is 5.43 Å². The Morgan fingerprint density at radius 3 is 2.73 bits per heavy atom. The van der Waals surface area contributed by atoms with Crippen LogP contribution in [0, 0.1) is 0 Å². The van der Waals surface area contributed by atoms with E-state index >= 15 is 0 Å². The number of nitrogens with one attached hydrogen (secondary N) is 1. The lowest BCUT2D eigenvalue weighted by Gasteiger charge is -1.97. The van der Waals surface area contributed by atoms with Crippen molar-refractivity contribution in [2.45, 2.75) is 26.7 Å². The third-order valence-electron chi connectivity index (χ3n) is 1.20. The summed E-state index contributed by atoms with van der Waals surface area (Å²) in [5.41, 5.74) is 2.77. The minimum atomic E-state index is -0.978. The van der Waals surface area contributed by atoms with Gasteiger partial charge in [-0.3, -0.25) is 0 Å². The molecule has 11 heavy (non-hydrogen) atoms. The van der Waals surface area contributed by atoms with E-state index in [9.17, 15) is 4.79 Å². The van der Waals surface area contributed by atoms with Gasteiger partial charge in [-0.1, -0.05) is 13.3 Å². The van der Waals surface area contributed by atoms with Gasteiger partial charge in [0.15, 0.2) is 0 Å². The lowest BCUT2D eigenvalue weighted by atomic mass is 10.3. The second kappa shape index (κ2) is 5.70. The number of nitrogens with zero attached hydrogens (tertiary/aromatic N) is 1. The maximum absolute atomic E-state index is 10.2. The number of aliphatic carboxylic acids is 1. The molecule has 0 bridgehead atoms. The molecule has 0 radical (unpaired) electrons. The molecular weight excluding hydrogens is 144 g/mol. The number of carboxylic acid groups (broad SMARTS) is 1. The normalized spacial score (nSPS) is 11.3. The predicted octanol–water partition coefficient (Wildman–Crippen LogP) is 0.837. The summed E-state index contributed by atoms with van der Waals surface area (Å²) in [6.07, 6.45) is 2.09. The van der Waals surface area contributed by atoms with Gasteiger partial charge in [-0.25, -0.2) is 4.79 Å². The van der Waals surface area contributed by atoms with E-state index in [0.29, 0.717) is 0 Å². The summed E-state index contributed by atoms with van der Waals surface area (Å²) in [6.45, 7) is 4.26. The summed E-state index contributed by atoms with van der Waals surface area (Å²) in [4.78, 5) is 10.2. The molecule has 2 N–H and O–H groups in total. The summed E-state index contributed by atoms with van der Waals surface area (Å²) < 4.78 is 0. The molecule has 0 fully saturated rings. The summed E-state index contributed by atoms with van der Waals surface area (Å²) in [5.74, 6) is -0.978. The van der Waals surface area contributed by atoms with Crippen molar-refractivity contribution in [3.05, 3.63) is 0 Å². The molecule has 0 aromatic carbocycles. The number of hydrogen-bond acceptors (Lipinski definition) is 3. The quantitative estimate of drug-likeness (QED) is 0.354. The molecule has 0 aliphatic heterocycles. The first-order valence-electron chi connectivity index (χ1n) is 3.69. The van der Waals surface area contributed by atoms with Crippen molar-refractivity contribution in [2.75, 3.05) is 6.54 Å². The van der Waals surface area contributed by atoms with E-state index in [-0.39, 0.29) is 5.71 Å². The van der Waals surface area contributed by atoms with Crippen molar-refractivity contribution >= 4 is 11.7 Å². The number of hydrazone groups is 1. The molecule has 64 valence electrons. The van der Waals surface area contributed by atoms with Crippen LogP contribution >= 0.6 is 0 Å². The fourth-order valence-electron chi connectivity index (χ4n) is 0.478.